The van der Waals surface area contributed by atoms with Crippen LogP contribution >= 0.6 is 0 Å². The van der Waals surface area contributed by atoms with Crippen molar-refractivity contribution < 1.29 is 20.1 Å². The zero-order valence-electron chi connectivity index (χ0n) is 17.5. The van der Waals surface area contributed by atoms with Crippen molar-refractivity contribution in [2.24, 2.45) is 5.73 Å². The standard InChI is InChI=1S/C20H32O2.C3H9NO2/c1-2-3-4-5-6-7-8-9-10-11-12-13-14-15-16-17-18-19-20(21)22;4-3(1-5)2-6/h6-7,9-10,12-13,15-16H,2-5,8,11,14,17-19H2,1H3,(H,21,22);3,5-6H,1-2,4H2/b7-6-,10-9-,13-12-,16-15-;. The summed E-state index contributed by atoms with van der Waals surface area (Å²) in [5.41, 5.74) is 4.97. The van der Waals surface area contributed by atoms with Crippen LogP contribution in [0.2, 0.25) is 0 Å². The van der Waals surface area contributed by atoms with E-state index in [9.17, 15) is 4.79 Å². The number of aliphatic carboxylic acids is 1. The number of unbranched alkanes of at least 4 members (excludes halogenated alkanes) is 4. The van der Waals surface area contributed by atoms with Gasteiger partial charge in [0.25, 0.3) is 0 Å². The van der Waals surface area contributed by atoms with E-state index in [4.69, 9.17) is 21.1 Å². The summed E-state index contributed by atoms with van der Waals surface area (Å²) < 4.78 is 0. The lowest BCUT2D eigenvalue weighted by molar-refractivity contribution is -0.137. The molecule has 0 aromatic rings. The van der Waals surface area contributed by atoms with Crippen molar-refractivity contribution in [3.63, 3.8) is 0 Å². The Labute approximate surface area is 171 Å². The van der Waals surface area contributed by atoms with E-state index >= 15 is 0 Å². The van der Waals surface area contributed by atoms with E-state index in [0.29, 0.717) is 0 Å². The Morgan fingerprint density at radius 3 is 1.57 bits per heavy atom. The van der Waals surface area contributed by atoms with Crippen molar-refractivity contribution in [3.05, 3.63) is 48.6 Å². The molecule has 0 heterocycles. The van der Waals surface area contributed by atoms with E-state index in [1.54, 1.807) is 0 Å². The topological polar surface area (TPSA) is 104 Å². The first-order chi connectivity index (χ1) is 13.6. The number of carbonyl (C=O) groups is 1. The smallest absolute Gasteiger partial charge is 0.303 e. The largest absolute Gasteiger partial charge is 0.481 e. The second-order valence-electron chi connectivity index (χ2n) is 6.50. The number of hydrogen-bond donors (Lipinski definition) is 4. The van der Waals surface area contributed by atoms with Crippen molar-refractivity contribution in [3.8, 4) is 0 Å². The van der Waals surface area contributed by atoms with E-state index in [2.05, 4.69) is 55.5 Å². The molecule has 162 valence electrons. The van der Waals surface area contributed by atoms with Crippen LogP contribution in [0.4, 0.5) is 0 Å². The van der Waals surface area contributed by atoms with Crippen molar-refractivity contribution in [1.29, 1.82) is 0 Å². The van der Waals surface area contributed by atoms with Crippen LogP contribution in [0.1, 0.15) is 71.1 Å². The zero-order valence-corrected chi connectivity index (χ0v) is 17.5. The minimum Gasteiger partial charge on any atom is -0.481 e. The van der Waals surface area contributed by atoms with E-state index in [-0.39, 0.29) is 19.6 Å². The lowest BCUT2D eigenvalue weighted by Crippen LogP contribution is -2.27. The maximum absolute atomic E-state index is 10.3. The Kier molecular flexibility index (Phi) is 25.8. The number of allylic oxidation sites excluding steroid dienone is 8. The molecule has 0 bridgehead atoms. The number of nitrogens with two attached hydrogens (primary N) is 1. The molecule has 0 fully saturated rings. The third-order valence-corrected chi connectivity index (χ3v) is 3.69. The Morgan fingerprint density at radius 2 is 1.21 bits per heavy atom. The van der Waals surface area contributed by atoms with Gasteiger partial charge in [0, 0.05) is 6.42 Å². The van der Waals surface area contributed by atoms with E-state index in [1.807, 2.05) is 0 Å². The van der Waals surface area contributed by atoms with Crippen molar-refractivity contribution in [2.45, 2.75) is 77.2 Å². The van der Waals surface area contributed by atoms with Crippen LogP contribution in [0.25, 0.3) is 0 Å². The fourth-order valence-corrected chi connectivity index (χ4v) is 1.99. The van der Waals surface area contributed by atoms with Crippen LogP contribution in [0.5, 0.6) is 0 Å². The third kappa shape index (κ3) is 29.1. The van der Waals surface area contributed by atoms with Gasteiger partial charge in [-0.05, 0) is 44.9 Å². The molecule has 0 rings (SSSR count). The molecule has 5 nitrogen and oxygen atoms in total. The molecule has 0 amide bonds. The highest BCUT2D eigenvalue weighted by atomic mass is 16.4. The highest BCUT2D eigenvalue weighted by Gasteiger charge is 1.93. The number of carboxylic acids is 1. The van der Waals surface area contributed by atoms with Crippen LogP contribution in [0.3, 0.4) is 0 Å². The first-order valence-electron chi connectivity index (χ1n) is 10.4. The molecule has 0 radical (unpaired) electrons. The molecule has 0 saturated carbocycles. The van der Waals surface area contributed by atoms with Gasteiger partial charge in [-0.15, -0.1) is 0 Å². The van der Waals surface area contributed by atoms with Crippen molar-refractivity contribution >= 4 is 5.97 Å². The van der Waals surface area contributed by atoms with Crippen molar-refractivity contribution in [1.82, 2.24) is 0 Å². The summed E-state index contributed by atoms with van der Waals surface area (Å²) in [6, 6.07) is -0.454. The lowest BCUT2D eigenvalue weighted by Gasteiger charge is -1.98. The molecular formula is C23H41NO4. The predicted molar refractivity (Wildman–Crippen MR) is 118 cm³/mol. The maximum atomic E-state index is 10.3. The molecule has 0 saturated heterocycles. The Bertz CT molecular complexity index is 438. The molecule has 28 heavy (non-hydrogen) atoms. The summed E-state index contributed by atoms with van der Waals surface area (Å²) in [6.45, 7) is 1.95. The summed E-state index contributed by atoms with van der Waals surface area (Å²) in [6.07, 6.45) is 27.3. The van der Waals surface area contributed by atoms with E-state index in [0.717, 1.165) is 32.1 Å². The highest BCUT2D eigenvalue weighted by molar-refractivity contribution is 5.66. The molecule has 0 atom stereocenters. The molecule has 5 heteroatoms. The molecule has 0 aliphatic heterocycles. The van der Waals surface area contributed by atoms with E-state index < -0.39 is 12.0 Å². The van der Waals surface area contributed by atoms with Gasteiger partial charge < -0.3 is 21.1 Å². The second kappa shape index (κ2) is 25.3. The van der Waals surface area contributed by atoms with Gasteiger partial charge in [-0.25, -0.2) is 0 Å². The van der Waals surface area contributed by atoms with Crippen LogP contribution < -0.4 is 5.73 Å². The van der Waals surface area contributed by atoms with Crippen molar-refractivity contribution in [2.75, 3.05) is 13.2 Å². The number of aliphatic hydroxyl groups excluding tert-OH is 2. The van der Waals surface area contributed by atoms with Gasteiger partial charge in [0.1, 0.15) is 0 Å². The molecule has 0 aliphatic rings. The van der Waals surface area contributed by atoms with Gasteiger partial charge in [-0.2, -0.15) is 0 Å². The van der Waals surface area contributed by atoms with Crippen LogP contribution in [-0.4, -0.2) is 40.5 Å². The van der Waals surface area contributed by atoms with E-state index in [1.165, 1.54) is 25.7 Å². The molecule has 0 spiro atoms. The molecule has 0 aromatic heterocycles. The number of hydrogen-bond acceptors (Lipinski definition) is 4. The van der Waals surface area contributed by atoms with Crippen LogP contribution in [0.15, 0.2) is 48.6 Å². The lowest BCUT2D eigenvalue weighted by atomic mass is 10.2. The van der Waals surface area contributed by atoms with Crippen LogP contribution in [0, 0.1) is 0 Å². The second-order valence-corrected chi connectivity index (χ2v) is 6.50. The van der Waals surface area contributed by atoms with Gasteiger partial charge in [-0.1, -0.05) is 68.4 Å². The Balaban J connectivity index is 0. The number of aliphatic hydroxyl groups is 2. The minimum atomic E-state index is -0.712. The average Bonchev–Trinajstić information content (AvgIpc) is 2.70. The SMILES string of the molecule is CCCCC/C=C\C/C=C\C/C=C\C/C=C\CCCC(=O)O.NC(CO)CO. The minimum absolute atomic E-state index is 0.142. The molecule has 0 aliphatic carbocycles. The summed E-state index contributed by atoms with van der Waals surface area (Å²) in [4.78, 5) is 10.3. The normalized spacial score (nSPS) is 11.9. The zero-order chi connectivity index (χ0) is 21.3. The molecule has 5 N–H and O–H groups in total. The fraction of sp³-hybridized carbons (Fsp3) is 0.609. The highest BCUT2D eigenvalue weighted by Crippen LogP contribution is 2.01. The maximum Gasteiger partial charge on any atom is 0.303 e. The summed E-state index contributed by atoms with van der Waals surface area (Å²) >= 11 is 0. The number of rotatable bonds is 16. The van der Waals surface area contributed by atoms with Gasteiger partial charge in [0.2, 0.25) is 0 Å². The number of carboxylic acid groups (broad SMARTS) is 1. The van der Waals surface area contributed by atoms with Gasteiger partial charge in [0.05, 0.1) is 19.3 Å². The monoisotopic (exact) mass is 395 g/mol. The quantitative estimate of drug-likeness (QED) is 0.227. The molecular weight excluding hydrogens is 354 g/mol. The average molecular weight is 396 g/mol. The summed E-state index contributed by atoms with van der Waals surface area (Å²) in [7, 11) is 0. The van der Waals surface area contributed by atoms with Gasteiger partial charge in [0.15, 0.2) is 0 Å². The molecule has 0 aromatic carbocycles. The summed E-state index contributed by atoms with van der Waals surface area (Å²) in [5.74, 6) is -0.712. The fourth-order valence-electron chi connectivity index (χ4n) is 1.99. The van der Waals surface area contributed by atoms with Gasteiger partial charge >= 0.3 is 5.97 Å². The first kappa shape index (κ1) is 28.5. The predicted octanol–water partition coefficient (Wildman–Crippen LogP) is 4.52. The third-order valence-electron chi connectivity index (χ3n) is 3.69. The van der Waals surface area contributed by atoms with Gasteiger partial charge in [-0.3, -0.25) is 4.79 Å². The first-order valence-corrected chi connectivity index (χ1v) is 10.4. The molecule has 0 unspecified atom stereocenters. The Morgan fingerprint density at radius 1 is 0.786 bits per heavy atom. The summed E-state index contributed by atoms with van der Waals surface area (Å²) in [5, 5.41) is 24.6. The van der Waals surface area contributed by atoms with Crippen LogP contribution in [-0.2, 0) is 4.79 Å². The Hall–Kier alpha value is -1.69.